The van der Waals surface area contributed by atoms with Crippen LogP contribution in [0.15, 0.2) is 18.2 Å². The lowest BCUT2D eigenvalue weighted by Crippen LogP contribution is -2.53. The fraction of sp³-hybridized carbons (Fsp3) is 0.556. The molecule has 23 heavy (non-hydrogen) atoms. The minimum Gasteiger partial charge on any atom is -0.354 e. The van der Waals surface area contributed by atoms with Crippen molar-refractivity contribution in [2.24, 2.45) is 5.73 Å². The zero-order valence-electron chi connectivity index (χ0n) is 14.3. The van der Waals surface area contributed by atoms with Gasteiger partial charge in [0, 0.05) is 18.7 Å². The lowest BCUT2D eigenvalue weighted by Gasteiger charge is -2.27. The molecular formula is C18H27N3O2. The summed E-state index contributed by atoms with van der Waals surface area (Å²) in [6.45, 7) is 6.61. The van der Waals surface area contributed by atoms with E-state index in [1.54, 1.807) is 4.90 Å². The molecule has 2 atom stereocenters. The highest BCUT2D eigenvalue weighted by Crippen LogP contribution is 2.33. The van der Waals surface area contributed by atoms with Gasteiger partial charge in [0.1, 0.15) is 6.04 Å². The second-order valence-electron chi connectivity index (χ2n) is 6.22. The van der Waals surface area contributed by atoms with Gasteiger partial charge in [0.05, 0.1) is 6.04 Å². The van der Waals surface area contributed by atoms with Gasteiger partial charge in [-0.2, -0.15) is 0 Å². The Kier molecular flexibility index (Phi) is 5.77. The summed E-state index contributed by atoms with van der Waals surface area (Å²) in [5.41, 5.74) is 8.93. The zero-order valence-corrected chi connectivity index (χ0v) is 14.3. The molecule has 0 fully saturated rings. The number of anilines is 1. The number of unbranched alkanes of at least 4 members (excludes halogenated alkanes) is 1. The molecule has 0 spiro atoms. The fourth-order valence-electron chi connectivity index (χ4n) is 2.92. The molecule has 5 nitrogen and oxygen atoms in total. The molecule has 1 aliphatic rings. The summed E-state index contributed by atoms with van der Waals surface area (Å²) in [7, 11) is 0. The number of hydrogen-bond acceptors (Lipinski definition) is 3. The Morgan fingerprint density at radius 2 is 2.13 bits per heavy atom. The van der Waals surface area contributed by atoms with Gasteiger partial charge in [-0.3, -0.25) is 14.5 Å². The smallest absolute Gasteiger partial charge is 0.244 e. The third-order valence-corrected chi connectivity index (χ3v) is 4.35. The maximum Gasteiger partial charge on any atom is 0.244 e. The van der Waals surface area contributed by atoms with Crippen LogP contribution in [0.1, 0.15) is 44.2 Å². The highest BCUT2D eigenvalue weighted by molar-refractivity contribution is 6.05. The van der Waals surface area contributed by atoms with Gasteiger partial charge < -0.3 is 11.1 Å². The molecule has 0 aromatic heterocycles. The van der Waals surface area contributed by atoms with Crippen LogP contribution < -0.4 is 16.0 Å². The summed E-state index contributed by atoms with van der Waals surface area (Å²) in [6, 6.07) is 4.87. The molecule has 2 rings (SSSR count). The van der Waals surface area contributed by atoms with E-state index < -0.39 is 12.1 Å². The summed E-state index contributed by atoms with van der Waals surface area (Å²) < 4.78 is 0. The molecule has 0 unspecified atom stereocenters. The number of nitrogens with zero attached hydrogens (tertiary/aromatic N) is 1. The van der Waals surface area contributed by atoms with Gasteiger partial charge >= 0.3 is 0 Å². The molecule has 3 N–H and O–H groups in total. The van der Waals surface area contributed by atoms with Crippen molar-refractivity contribution in [3.63, 3.8) is 0 Å². The average Bonchev–Trinajstić information content (AvgIpc) is 2.91. The van der Waals surface area contributed by atoms with Crippen molar-refractivity contribution in [3.05, 3.63) is 29.3 Å². The van der Waals surface area contributed by atoms with E-state index in [0.29, 0.717) is 19.4 Å². The van der Waals surface area contributed by atoms with E-state index in [9.17, 15) is 9.59 Å². The molecule has 1 aromatic carbocycles. The van der Waals surface area contributed by atoms with Crippen molar-refractivity contribution in [2.75, 3.05) is 11.4 Å². The van der Waals surface area contributed by atoms with E-state index >= 15 is 0 Å². The van der Waals surface area contributed by atoms with Crippen molar-refractivity contribution in [2.45, 2.75) is 58.5 Å². The number of fused-ring (bicyclic) bond motifs is 1. The molecule has 5 heteroatoms. The Balaban J connectivity index is 2.27. The van der Waals surface area contributed by atoms with Crippen LogP contribution in [0, 0.1) is 6.92 Å². The first-order valence-corrected chi connectivity index (χ1v) is 8.45. The largest absolute Gasteiger partial charge is 0.354 e. The minimum absolute atomic E-state index is 0.0936. The molecule has 2 amide bonds. The number of carbonyl (C=O) groups excluding carboxylic acids is 2. The van der Waals surface area contributed by atoms with Crippen LogP contribution >= 0.6 is 0 Å². The number of nitrogens with two attached hydrogens (primary N) is 1. The molecule has 1 heterocycles. The number of aryl methyl sites for hydroxylation is 1. The van der Waals surface area contributed by atoms with Crippen LogP contribution in [0.3, 0.4) is 0 Å². The predicted octanol–water partition coefficient (Wildman–Crippen LogP) is 1.91. The van der Waals surface area contributed by atoms with Crippen molar-refractivity contribution < 1.29 is 9.59 Å². The summed E-state index contributed by atoms with van der Waals surface area (Å²) in [4.78, 5) is 26.8. The van der Waals surface area contributed by atoms with E-state index in [2.05, 4.69) is 12.2 Å². The minimum atomic E-state index is -0.576. The second-order valence-corrected chi connectivity index (χ2v) is 6.22. The summed E-state index contributed by atoms with van der Waals surface area (Å²) in [5, 5.41) is 2.94. The lowest BCUT2D eigenvalue weighted by molar-refractivity contribution is -0.126. The summed E-state index contributed by atoms with van der Waals surface area (Å²) in [5.74, 6) is -0.269. The first kappa shape index (κ1) is 17.5. The molecule has 1 aromatic rings. The maximum absolute atomic E-state index is 12.7. The molecule has 0 radical (unpaired) electrons. The van der Waals surface area contributed by atoms with Gasteiger partial charge in [0.2, 0.25) is 11.8 Å². The van der Waals surface area contributed by atoms with Crippen molar-refractivity contribution >= 4 is 17.5 Å². The topological polar surface area (TPSA) is 75.4 Å². The highest BCUT2D eigenvalue weighted by Gasteiger charge is 2.39. The van der Waals surface area contributed by atoms with Gasteiger partial charge in [0.15, 0.2) is 0 Å². The average molecular weight is 317 g/mol. The molecule has 0 saturated heterocycles. The van der Waals surface area contributed by atoms with Crippen LogP contribution in [0.2, 0.25) is 0 Å². The van der Waals surface area contributed by atoms with Crippen molar-refractivity contribution in [1.29, 1.82) is 0 Å². The monoisotopic (exact) mass is 317 g/mol. The van der Waals surface area contributed by atoms with Gasteiger partial charge in [0.25, 0.3) is 0 Å². The third kappa shape index (κ3) is 3.72. The third-order valence-electron chi connectivity index (χ3n) is 4.35. The Morgan fingerprint density at radius 1 is 1.39 bits per heavy atom. The normalized spacial score (nSPS) is 17.7. The van der Waals surface area contributed by atoms with E-state index in [1.165, 1.54) is 0 Å². The molecule has 0 saturated carbocycles. The second kappa shape index (κ2) is 7.59. The van der Waals surface area contributed by atoms with Gasteiger partial charge in [-0.05, 0) is 31.4 Å². The number of carbonyl (C=O) groups is 2. The SMILES string of the molecule is CCCCNC(=O)[C@@H]1Cc2cc(C)ccc2N1C(=O)[C@H](N)CC. The number of rotatable bonds is 6. The van der Waals surface area contributed by atoms with Gasteiger partial charge in [-0.1, -0.05) is 38.0 Å². The quantitative estimate of drug-likeness (QED) is 0.787. The number of amides is 2. The van der Waals surface area contributed by atoms with Crippen LogP contribution in [0.4, 0.5) is 5.69 Å². The van der Waals surface area contributed by atoms with E-state index in [0.717, 1.165) is 29.7 Å². The molecule has 126 valence electrons. The lowest BCUT2D eigenvalue weighted by atomic mass is 10.1. The Bertz CT molecular complexity index is 586. The van der Waals surface area contributed by atoms with E-state index in [-0.39, 0.29) is 11.8 Å². The van der Waals surface area contributed by atoms with E-state index in [4.69, 9.17) is 5.73 Å². The van der Waals surface area contributed by atoms with Crippen LogP contribution in [-0.4, -0.2) is 30.4 Å². The van der Waals surface area contributed by atoms with Gasteiger partial charge in [-0.15, -0.1) is 0 Å². The molecule has 0 aliphatic carbocycles. The van der Waals surface area contributed by atoms with Gasteiger partial charge in [-0.25, -0.2) is 0 Å². The predicted molar refractivity (Wildman–Crippen MR) is 92.3 cm³/mol. The Labute approximate surface area is 138 Å². The van der Waals surface area contributed by atoms with Crippen LogP contribution in [0.5, 0.6) is 0 Å². The Morgan fingerprint density at radius 3 is 2.78 bits per heavy atom. The zero-order chi connectivity index (χ0) is 17.0. The first-order chi connectivity index (χ1) is 11.0. The van der Waals surface area contributed by atoms with Crippen molar-refractivity contribution in [3.8, 4) is 0 Å². The standard InChI is InChI=1S/C18H27N3O2/c1-4-6-9-20-17(22)16-11-13-10-12(3)7-8-15(13)21(16)18(23)14(19)5-2/h7-8,10,14,16H,4-6,9,11,19H2,1-3H3,(H,20,22)/t14-,16+/m1/s1. The Hall–Kier alpha value is -1.88. The summed E-state index contributed by atoms with van der Waals surface area (Å²) >= 11 is 0. The molecule has 0 bridgehead atoms. The highest BCUT2D eigenvalue weighted by atomic mass is 16.2. The van der Waals surface area contributed by atoms with Crippen molar-refractivity contribution in [1.82, 2.24) is 5.32 Å². The number of nitrogens with one attached hydrogen (secondary N) is 1. The molecular weight excluding hydrogens is 290 g/mol. The van der Waals surface area contributed by atoms with E-state index in [1.807, 2.05) is 32.0 Å². The maximum atomic E-state index is 12.7. The van der Waals surface area contributed by atoms with Crippen LogP contribution in [0.25, 0.3) is 0 Å². The first-order valence-electron chi connectivity index (χ1n) is 8.45. The molecule has 1 aliphatic heterocycles. The number of hydrogen-bond donors (Lipinski definition) is 2. The number of benzene rings is 1. The van der Waals surface area contributed by atoms with Crippen LogP contribution in [-0.2, 0) is 16.0 Å². The fourth-order valence-corrected chi connectivity index (χ4v) is 2.92. The summed E-state index contributed by atoms with van der Waals surface area (Å²) in [6.07, 6.45) is 3.07.